The maximum absolute atomic E-state index is 12.7. The molecule has 86 valence electrons. The highest BCUT2D eigenvalue weighted by Gasteiger charge is 1.98. The van der Waals surface area contributed by atoms with E-state index < -0.39 is 0 Å². The summed E-state index contributed by atoms with van der Waals surface area (Å²) in [5.41, 5.74) is 2.92. The third kappa shape index (κ3) is 3.25. The minimum absolute atomic E-state index is 0.211. The lowest BCUT2D eigenvalue weighted by Crippen LogP contribution is -1.92. The summed E-state index contributed by atoms with van der Waals surface area (Å²) in [4.78, 5) is 10.6. The first-order chi connectivity index (χ1) is 8.28. The maximum Gasteiger partial charge on any atom is 0.150 e. The highest BCUT2D eigenvalue weighted by Crippen LogP contribution is 2.09. The summed E-state index contributed by atoms with van der Waals surface area (Å²) in [6, 6.07) is 14.1. The number of aryl methyl sites for hydroxylation is 2. The maximum atomic E-state index is 12.7. The predicted octanol–water partition coefficient (Wildman–Crippen LogP) is 3.42. The van der Waals surface area contributed by atoms with Crippen LogP contribution in [-0.4, -0.2) is 6.29 Å². The van der Waals surface area contributed by atoms with Crippen molar-refractivity contribution in [2.75, 3.05) is 0 Å². The normalized spacial score (nSPS) is 10.2. The zero-order chi connectivity index (χ0) is 12.1. The molecule has 0 atom stereocenters. The van der Waals surface area contributed by atoms with Gasteiger partial charge in [0, 0.05) is 5.56 Å². The summed E-state index contributed by atoms with van der Waals surface area (Å²) >= 11 is 0. The van der Waals surface area contributed by atoms with E-state index in [0.717, 1.165) is 30.3 Å². The number of hydrogen-bond donors (Lipinski definition) is 0. The van der Waals surface area contributed by atoms with E-state index in [1.165, 1.54) is 12.1 Å². The Kier molecular flexibility index (Phi) is 3.66. The van der Waals surface area contributed by atoms with Gasteiger partial charge in [0.1, 0.15) is 12.1 Å². The standard InChI is InChI=1S/C15H13FO/c16-15-8-6-12(7-9-15)4-5-13-2-1-3-14(10-13)11-17/h1-3,6-11H,4-5H2. The lowest BCUT2D eigenvalue weighted by atomic mass is 10.0. The molecule has 0 aliphatic heterocycles. The smallest absolute Gasteiger partial charge is 0.150 e. The molecule has 0 unspecified atom stereocenters. The minimum atomic E-state index is -0.211. The topological polar surface area (TPSA) is 17.1 Å². The van der Waals surface area contributed by atoms with Gasteiger partial charge in [0.05, 0.1) is 0 Å². The Balaban J connectivity index is 2.01. The Morgan fingerprint density at radius 1 is 0.941 bits per heavy atom. The molecule has 17 heavy (non-hydrogen) atoms. The number of aldehydes is 1. The van der Waals surface area contributed by atoms with Crippen LogP contribution in [0, 0.1) is 5.82 Å². The van der Waals surface area contributed by atoms with Gasteiger partial charge in [0.15, 0.2) is 0 Å². The summed E-state index contributed by atoms with van der Waals surface area (Å²) in [7, 11) is 0. The zero-order valence-electron chi connectivity index (χ0n) is 9.40. The second-order valence-corrected chi connectivity index (χ2v) is 3.99. The molecule has 0 aliphatic carbocycles. The molecule has 2 aromatic carbocycles. The summed E-state index contributed by atoms with van der Waals surface area (Å²) in [6.45, 7) is 0. The molecule has 0 aromatic heterocycles. The first-order valence-corrected chi connectivity index (χ1v) is 5.56. The third-order valence-corrected chi connectivity index (χ3v) is 2.70. The van der Waals surface area contributed by atoms with Crippen LogP contribution in [0.15, 0.2) is 48.5 Å². The van der Waals surface area contributed by atoms with Crippen molar-refractivity contribution >= 4 is 6.29 Å². The van der Waals surface area contributed by atoms with Gasteiger partial charge in [-0.1, -0.05) is 30.3 Å². The van der Waals surface area contributed by atoms with Crippen molar-refractivity contribution in [1.82, 2.24) is 0 Å². The molecule has 0 heterocycles. The molecule has 2 rings (SSSR count). The molecule has 0 N–H and O–H groups in total. The van der Waals surface area contributed by atoms with E-state index in [-0.39, 0.29) is 5.82 Å². The summed E-state index contributed by atoms with van der Waals surface area (Å²) < 4.78 is 12.7. The number of carbonyl (C=O) groups excluding carboxylic acids is 1. The van der Waals surface area contributed by atoms with Crippen LogP contribution in [0.1, 0.15) is 21.5 Å². The van der Waals surface area contributed by atoms with E-state index in [1.54, 1.807) is 18.2 Å². The van der Waals surface area contributed by atoms with Gasteiger partial charge in [-0.15, -0.1) is 0 Å². The molecule has 0 spiro atoms. The molecule has 1 nitrogen and oxygen atoms in total. The monoisotopic (exact) mass is 228 g/mol. The third-order valence-electron chi connectivity index (χ3n) is 2.70. The molecule has 0 bridgehead atoms. The van der Waals surface area contributed by atoms with E-state index in [9.17, 15) is 9.18 Å². The van der Waals surface area contributed by atoms with Crippen molar-refractivity contribution in [3.8, 4) is 0 Å². The van der Waals surface area contributed by atoms with Gasteiger partial charge in [-0.05, 0) is 42.2 Å². The van der Waals surface area contributed by atoms with Crippen molar-refractivity contribution in [3.63, 3.8) is 0 Å². The molecule has 2 aromatic rings. The minimum Gasteiger partial charge on any atom is -0.298 e. The van der Waals surface area contributed by atoms with Crippen molar-refractivity contribution < 1.29 is 9.18 Å². The number of halogens is 1. The van der Waals surface area contributed by atoms with Crippen molar-refractivity contribution in [2.45, 2.75) is 12.8 Å². The van der Waals surface area contributed by atoms with E-state index >= 15 is 0 Å². The van der Waals surface area contributed by atoms with Crippen LogP contribution in [0.3, 0.4) is 0 Å². The van der Waals surface area contributed by atoms with E-state index in [2.05, 4.69) is 0 Å². The fourth-order valence-corrected chi connectivity index (χ4v) is 1.76. The molecule has 2 heteroatoms. The fraction of sp³-hybridized carbons (Fsp3) is 0.133. The Hall–Kier alpha value is -1.96. The molecular weight excluding hydrogens is 215 g/mol. The molecule has 0 aliphatic rings. The van der Waals surface area contributed by atoms with Gasteiger partial charge in [-0.2, -0.15) is 0 Å². The van der Waals surface area contributed by atoms with Gasteiger partial charge < -0.3 is 0 Å². The number of rotatable bonds is 4. The first-order valence-electron chi connectivity index (χ1n) is 5.56. The second kappa shape index (κ2) is 5.39. The Bertz CT molecular complexity index is 503. The summed E-state index contributed by atoms with van der Waals surface area (Å²) in [5.74, 6) is -0.211. The highest BCUT2D eigenvalue weighted by molar-refractivity contribution is 5.74. The zero-order valence-corrected chi connectivity index (χ0v) is 9.40. The summed E-state index contributed by atoms with van der Waals surface area (Å²) in [5, 5.41) is 0. The van der Waals surface area contributed by atoms with Gasteiger partial charge in [-0.3, -0.25) is 4.79 Å². The van der Waals surface area contributed by atoms with E-state index in [1.807, 2.05) is 18.2 Å². The highest BCUT2D eigenvalue weighted by atomic mass is 19.1. The Morgan fingerprint density at radius 2 is 1.65 bits per heavy atom. The van der Waals surface area contributed by atoms with Gasteiger partial charge in [0.2, 0.25) is 0 Å². The fourth-order valence-electron chi connectivity index (χ4n) is 1.76. The van der Waals surface area contributed by atoms with Crippen LogP contribution in [0.2, 0.25) is 0 Å². The van der Waals surface area contributed by atoms with Crippen molar-refractivity contribution in [1.29, 1.82) is 0 Å². The number of benzene rings is 2. The van der Waals surface area contributed by atoms with Crippen LogP contribution < -0.4 is 0 Å². The molecule has 0 radical (unpaired) electrons. The number of hydrogen-bond acceptors (Lipinski definition) is 1. The molecular formula is C15H13FO. The SMILES string of the molecule is O=Cc1cccc(CCc2ccc(F)cc2)c1. The van der Waals surface area contributed by atoms with Gasteiger partial charge in [0.25, 0.3) is 0 Å². The number of carbonyl (C=O) groups is 1. The van der Waals surface area contributed by atoms with E-state index in [4.69, 9.17) is 0 Å². The van der Waals surface area contributed by atoms with Crippen molar-refractivity contribution in [2.24, 2.45) is 0 Å². The molecule has 0 saturated carbocycles. The average Bonchev–Trinajstić information content (AvgIpc) is 2.38. The second-order valence-electron chi connectivity index (χ2n) is 3.99. The largest absolute Gasteiger partial charge is 0.298 e. The Labute approximate surface area is 99.9 Å². The molecule has 0 saturated heterocycles. The van der Waals surface area contributed by atoms with Crippen LogP contribution >= 0.6 is 0 Å². The first kappa shape index (κ1) is 11.5. The van der Waals surface area contributed by atoms with Crippen LogP contribution in [0.25, 0.3) is 0 Å². The van der Waals surface area contributed by atoms with Crippen molar-refractivity contribution in [3.05, 3.63) is 71.0 Å². The van der Waals surface area contributed by atoms with Gasteiger partial charge >= 0.3 is 0 Å². The van der Waals surface area contributed by atoms with E-state index in [0.29, 0.717) is 5.56 Å². The quantitative estimate of drug-likeness (QED) is 0.733. The molecule has 0 amide bonds. The van der Waals surface area contributed by atoms with Gasteiger partial charge in [-0.25, -0.2) is 4.39 Å². The predicted molar refractivity (Wildman–Crippen MR) is 65.6 cm³/mol. The van der Waals surface area contributed by atoms with Crippen LogP contribution in [0.5, 0.6) is 0 Å². The lowest BCUT2D eigenvalue weighted by Gasteiger charge is -2.03. The molecule has 0 fully saturated rings. The summed E-state index contributed by atoms with van der Waals surface area (Å²) in [6.07, 6.45) is 2.55. The Morgan fingerprint density at radius 3 is 2.35 bits per heavy atom. The van der Waals surface area contributed by atoms with Crippen LogP contribution in [-0.2, 0) is 12.8 Å². The lowest BCUT2D eigenvalue weighted by molar-refractivity contribution is 0.112. The van der Waals surface area contributed by atoms with Crippen LogP contribution in [0.4, 0.5) is 4.39 Å². The average molecular weight is 228 g/mol.